The molecule has 22 heteroatoms. The van der Waals surface area contributed by atoms with Crippen LogP contribution >= 0.6 is 0 Å². The minimum atomic E-state index is -1.46. The van der Waals surface area contributed by atoms with E-state index in [-0.39, 0.29) is 88.3 Å². The topological polar surface area (TPSA) is 381 Å². The van der Waals surface area contributed by atoms with Gasteiger partial charge in [0.1, 0.15) is 36.3 Å². The second-order valence-corrected chi connectivity index (χ2v) is 17.2. The fraction of sp³-hybridized carbons (Fsp3) is 0.522. The number of carbonyl (C=O) groups excluding carboxylic acids is 8. The van der Waals surface area contributed by atoms with Crippen LogP contribution in [0.4, 0.5) is 0 Å². The second kappa shape index (κ2) is 28.7. The molecule has 0 saturated carbocycles. The second-order valence-electron chi connectivity index (χ2n) is 17.2. The van der Waals surface area contributed by atoms with E-state index in [1.165, 1.54) is 4.90 Å². The molecule has 2 aromatic carbocycles. The number of aliphatic imine (C=N–C) groups is 2. The van der Waals surface area contributed by atoms with Crippen LogP contribution in [0, 0.1) is 5.92 Å². The molecule has 0 spiro atoms. The predicted molar refractivity (Wildman–Crippen MR) is 256 cm³/mol. The molecule has 6 atom stereocenters. The summed E-state index contributed by atoms with van der Waals surface area (Å²) in [5.74, 6) is -5.94. The third-order valence-electron chi connectivity index (χ3n) is 11.0. The van der Waals surface area contributed by atoms with Gasteiger partial charge < -0.3 is 65.9 Å². The van der Waals surface area contributed by atoms with Crippen molar-refractivity contribution >= 4 is 59.2 Å². The Morgan fingerprint density at radius 3 is 1.76 bits per heavy atom. The standard InChI is InChI=1S/C46H70N14O8/c1-28(2)25-34(55-38(62)21-20-29-13-5-3-6-14-29)41(65)59-35(26-30-15-7-4-8-16-30)42(66)57-32(17-9-10-22-53-45(49)50)44(68)60-24-12-19-36(60)43(67)56-31(18-11-23-54-46(51)52)40(64)58-33(39(48)63)27-37(47)61/h3-8,13-16,28,31-36H,9-12,17-27H2,1-2H3,(H2,47,61)(H2,48,63)(H,55,62)(H,56,67)(H,57,66)(H,58,64)(H,59,65)(H4,49,50,53)(H4,51,52,54)/t31-,32-,33-,34-,35-,36-/m0/s1. The highest BCUT2D eigenvalue weighted by Crippen LogP contribution is 2.21. The Balaban J connectivity index is 1.89. The zero-order valence-electron chi connectivity index (χ0n) is 39.0. The van der Waals surface area contributed by atoms with Crippen molar-refractivity contribution in [1.29, 1.82) is 0 Å². The molecule has 0 unspecified atom stereocenters. The molecule has 1 fully saturated rings. The summed E-state index contributed by atoms with van der Waals surface area (Å²) >= 11 is 0. The molecule has 372 valence electrons. The fourth-order valence-electron chi connectivity index (χ4n) is 7.64. The molecule has 1 heterocycles. The highest BCUT2D eigenvalue weighted by Gasteiger charge is 2.40. The predicted octanol–water partition coefficient (Wildman–Crippen LogP) is -1.82. The van der Waals surface area contributed by atoms with Crippen molar-refractivity contribution in [3.8, 4) is 0 Å². The van der Waals surface area contributed by atoms with Crippen LogP contribution in [-0.4, -0.2) is 120 Å². The number of primary amides is 2. The van der Waals surface area contributed by atoms with Gasteiger partial charge in [-0.1, -0.05) is 74.5 Å². The van der Waals surface area contributed by atoms with Crippen molar-refractivity contribution in [2.24, 2.45) is 50.3 Å². The molecule has 0 radical (unpaired) electrons. The maximum atomic E-state index is 14.6. The van der Waals surface area contributed by atoms with Crippen molar-refractivity contribution < 1.29 is 38.4 Å². The number of guanidine groups is 2. The molecule has 22 nitrogen and oxygen atoms in total. The van der Waals surface area contributed by atoms with E-state index in [1.54, 1.807) is 24.3 Å². The van der Waals surface area contributed by atoms with E-state index < -0.39 is 84.0 Å². The van der Waals surface area contributed by atoms with Gasteiger partial charge in [0.05, 0.1) is 6.42 Å². The van der Waals surface area contributed by atoms with Crippen LogP contribution in [0.1, 0.15) is 89.2 Å². The van der Waals surface area contributed by atoms with Gasteiger partial charge in [-0.05, 0) is 74.8 Å². The van der Waals surface area contributed by atoms with Crippen LogP contribution in [0.3, 0.4) is 0 Å². The number of benzene rings is 2. The van der Waals surface area contributed by atoms with Crippen molar-refractivity contribution in [1.82, 2.24) is 31.5 Å². The summed E-state index contributed by atoms with van der Waals surface area (Å²) in [6.07, 6.45) is 2.04. The van der Waals surface area contributed by atoms with Gasteiger partial charge in [-0.25, -0.2) is 0 Å². The average Bonchev–Trinajstić information content (AvgIpc) is 3.78. The quantitative estimate of drug-likeness (QED) is 0.0244. The number of amides is 8. The Morgan fingerprint density at radius 1 is 0.632 bits per heavy atom. The fourth-order valence-corrected chi connectivity index (χ4v) is 7.64. The Hall–Kier alpha value is -7.26. The number of nitrogens with two attached hydrogens (primary N) is 6. The number of aryl methyl sites for hydroxylation is 1. The molecular weight excluding hydrogens is 877 g/mol. The van der Waals surface area contributed by atoms with E-state index in [0.29, 0.717) is 31.2 Å². The Labute approximate surface area is 397 Å². The number of nitrogens with one attached hydrogen (secondary N) is 5. The highest BCUT2D eigenvalue weighted by atomic mass is 16.2. The zero-order valence-corrected chi connectivity index (χ0v) is 39.0. The molecule has 2 aromatic rings. The van der Waals surface area contributed by atoms with Gasteiger partial charge in [0, 0.05) is 32.5 Å². The Kier molecular flexibility index (Phi) is 23.2. The summed E-state index contributed by atoms with van der Waals surface area (Å²) in [7, 11) is 0. The number of rotatable bonds is 29. The molecule has 17 N–H and O–H groups in total. The lowest BCUT2D eigenvalue weighted by molar-refractivity contribution is -0.142. The Morgan fingerprint density at radius 2 is 1.18 bits per heavy atom. The molecule has 1 aliphatic heterocycles. The normalized spacial score (nSPS) is 15.3. The van der Waals surface area contributed by atoms with Crippen molar-refractivity contribution in [3.05, 3.63) is 71.8 Å². The van der Waals surface area contributed by atoms with E-state index >= 15 is 0 Å². The first-order chi connectivity index (χ1) is 32.3. The molecule has 68 heavy (non-hydrogen) atoms. The third-order valence-corrected chi connectivity index (χ3v) is 11.0. The maximum absolute atomic E-state index is 14.6. The monoisotopic (exact) mass is 947 g/mol. The van der Waals surface area contributed by atoms with E-state index in [0.717, 1.165) is 5.56 Å². The van der Waals surface area contributed by atoms with Crippen LogP contribution < -0.4 is 61.0 Å². The van der Waals surface area contributed by atoms with Crippen LogP contribution in [0.2, 0.25) is 0 Å². The first-order valence-corrected chi connectivity index (χ1v) is 22.9. The first-order valence-electron chi connectivity index (χ1n) is 22.9. The van der Waals surface area contributed by atoms with Gasteiger partial charge in [0.2, 0.25) is 47.3 Å². The van der Waals surface area contributed by atoms with Crippen LogP contribution in [0.5, 0.6) is 0 Å². The minimum absolute atomic E-state index is 0.00335. The molecule has 8 amide bonds. The minimum Gasteiger partial charge on any atom is -0.370 e. The van der Waals surface area contributed by atoms with Gasteiger partial charge in [-0.3, -0.25) is 48.3 Å². The van der Waals surface area contributed by atoms with Crippen molar-refractivity contribution in [2.75, 3.05) is 19.6 Å². The van der Waals surface area contributed by atoms with E-state index in [1.807, 2.05) is 50.2 Å². The maximum Gasteiger partial charge on any atom is 0.245 e. The van der Waals surface area contributed by atoms with Gasteiger partial charge in [0.25, 0.3) is 0 Å². The van der Waals surface area contributed by atoms with E-state index in [2.05, 4.69) is 36.6 Å². The molecule has 1 saturated heterocycles. The smallest absolute Gasteiger partial charge is 0.245 e. The number of nitrogens with zero attached hydrogens (tertiary/aromatic N) is 3. The van der Waals surface area contributed by atoms with Crippen LogP contribution in [-0.2, 0) is 51.2 Å². The summed E-state index contributed by atoms with van der Waals surface area (Å²) in [6, 6.07) is 11.3. The zero-order chi connectivity index (χ0) is 50.2. The Bertz CT molecular complexity index is 2060. The lowest BCUT2D eigenvalue weighted by Gasteiger charge is -2.31. The lowest BCUT2D eigenvalue weighted by Crippen LogP contribution is -2.59. The molecule has 3 rings (SSSR count). The molecule has 1 aliphatic rings. The number of hydrogen-bond acceptors (Lipinski definition) is 10. The average molecular weight is 947 g/mol. The highest BCUT2D eigenvalue weighted by molar-refractivity contribution is 5.98. The lowest BCUT2D eigenvalue weighted by atomic mass is 10.00. The van der Waals surface area contributed by atoms with Gasteiger partial charge in [-0.2, -0.15) is 0 Å². The summed E-state index contributed by atoms with van der Waals surface area (Å²) in [6.45, 7) is 4.29. The molecule has 0 aliphatic carbocycles. The largest absolute Gasteiger partial charge is 0.370 e. The SMILES string of the molecule is CC(C)C[C@H](NC(=O)CCc1ccccc1)C(=O)N[C@@H](Cc1ccccc1)C(=O)N[C@@H](CCCCN=C(N)N)C(=O)N1CCC[C@H]1C(=O)N[C@@H](CCCN=C(N)N)C(=O)N[C@@H](CC(N)=O)C(N)=O. The summed E-state index contributed by atoms with van der Waals surface area (Å²) < 4.78 is 0. The van der Waals surface area contributed by atoms with Crippen molar-refractivity contribution in [3.63, 3.8) is 0 Å². The van der Waals surface area contributed by atoms with Crippen LogP contribution in [0.25, 0.3) is 0 Å². The van der Waals surface area contributed by atoms with E-state index in [4.69, 9.17) is 34.4 Å². The summed E-state index contributed by atoms with van der Waals surface area (Å²) in [5, 5.41) is 13.6. The number of unbranched alkanes of at least 4 members (excludes halogenated alkanes) is 1. The van der Waals surface area contributed by atoms with Crippen molar-refractivity contribution in [2.45, 2.75) is 127 Å². The molecule has 0 aromatic heterocycles. The molecular formula is C46H70N14O8. The van der Waals surface area contributed by atoms with Gasteiger partial charge in [-0.15, -0.1) is 0 Å². The van der Waals surface area contributed by atoms with Gasteiger partial charge >= 0.3 is 0 Å². The van der Waals surface area contributed by atoms with Crippen LogP contribution in [0.15, 0.2) is 70.6 Å². The summed E-state index contributed by atoms with van der Waals surface area (Å²) in [4.78, 5) is 117. The first kappa shape index (κ1) is 55.1. The number of likely N-dealkylation sites (tertiary alicyclic amines) is 1. The van der Waals surface area contributed by atoms with Gasteiger partial charge in [0.15, 0.2) is 11.9 Å². The number of hydrogen-bond donors (Lipinski definition) is 11. The summed E-state index contributed by atoms with van der Waals surface area (Å²) in [5.41, 5.74) is 34.3. The molecule has 0 bridgehead atoms. The third kappa shape index (κ3) is 20.1. The number of carbonyl (C=O) groups is 8. The van der Waals surface area contributed by atoms with E-state index in [9.17, 15) is 38.4 Å².